The van der Waals surface area contributed by atoms with Gasteiger partial charge in [0, 0.05) is 11.5 Å². The van der Waals surface area contributed by atoms with Crippen molar-refractivity contribution in [1.82, 2.24) is 10.6 Å². The number of likely N-dealkylation sites (N-methyl/N-ethyl adjacent to an activating group) is 1. The van der Waals surface area contributed by atoms with E-state index in [-0.39, 0.29) is 23.8 Å². The number of ether oxygens (including phenoxy) is 1. The summed E-state index contributed by atoms with van der Waals surface area (Å²) >= 11 is 3.15. The molecule has 108 valence electrons. The number of hydrogen-bond acceptors (Lipinski definition) is 5. The number of aromatic hydroxyl groups is 1. The molecule has 0 saturated carbocycles. The molecule has 2 amide bonds. The van der Waals surface area contributed by atoms with Crippen molar-refractivity contribution in [2.45, 2.75) is 0 Å². The highest BCUT2D eigenvalue weighted by Crippen LogP contribution is 2.22. The smallest absolute Gasteiger partial charge is 0.342 e. The topological polar surface area (TPSA) is 105 Å². The van der Waals surface area contributed by atoms with Gasteiger partial charge in [0.25, 0.3) is 5.91 Å². The Morgan fingerprint density at radius 3 is 2.65 bits per heavy atom. The van der Waals surface area contributed by atoms with Gasteiger partial charge in [-0.05, 0) is 18.2 Å². The first-order valence-corrected chi connectivity index (χ1v) is 6.36. The molecule has 20 heavy (non-hydrogen) atoms. The third kappa shape index (κ3) is 4.88. The van der Waals surface area contributed by atoms with E-state index in [9.17, 15) is 19.5 Å². The molecule has 1 aromatic rings. The van der Waals surface area contributed by atoms with Crippen LogP contribution in [0.4, 0.5) is 0 Å². The predicted octanol–water partition coefficient (Wildman–Crippen LogP) is 0.174. The lowest BCUT2D eigenvalue weighted by atomic mass is 10.2. The van der Waals surface area contributed by atoms with Crippen molar-refractivity contribution in [3.63, 3.8) is 0 Å². The van der Waals surface area contributed by atoms with E-state index in [4.69, 9.17) is 4.74 Å². The molecule has 3 N–H and O–H groups in total. The summed E-state index contributed by atoms with van der Waals surface area (Å²) in [6.45, 7) is -0.739. The zero-order chi connectivity index (χ0) is 15.1. The van der Waals surface area contributed by atoms with Crippen molar-refractivity contribution in [1.29, 1.82) is 0 Å². The molecule has 0 fully saturated rings. The number of phenols is 1. The molecule has 0 atom stereocenters. The molecule has 0 unspecified atom stereocenters. The highest BCUT2D eigenvalue weighted by atomic mass is 79.9. The summed E-state index contributed by atoms with van der Waals surface area (Å²) in [5, 5.41) is 14.1. The molecule has 0 spiro atoms. The van der Waals surface area contributed by atoms with Crippen LogP contribution in [0.5, 0.6) is 5.75 Å². The maximum absolute atomic E-state index is 11.7. The van der Waals surface area contributed by atoms with Gasteiger partial charge in [-0.15, -0.1) is 0 Å². The van der Waals surface area contributed by atoms with E-state index in [1.165, 1.54) is 19.2 Å². The number of hydrogen-bond donors (Lipinski definition) is 3. The summed E-state index contributed by atoms with van der Waals surface area (Å²) in [4.78, 5) is 33.9. The third-order valence-corrected chi connectivity index (χ3v) is 2.73. The molecule has 7 nitrogen and oxygen atoms in total. The number of phenolic OH excluding ortho intramolecular Hbond substituents is 1. The molecule has 0 bridgehead atoms. The van der Waals surface area contributed by atoms with Crippen molar-refractivity contribution in [3.05, 3.63) is 28.2 Å². The van der Waals surface area contributed by atoms with Gasteiger partial charge in [0.05, 0.1) is 6.54 Å². The number of esters is 1. The Morgan fingerprint density at radius 2 is 2.00 bits per heavy atom. The quantitative estimate of drug-likeness (QED) is 0.660. The highest BCUT2D eigenvalue weighted by molar-refractivity contribution is 9.10. The first kappa shape index (κ1) is 16.0. The first-order chi connectivity index (χ1) is 9.43. The van der Waals surface area contributed by atoms with Crippen LogP contribution < -0.4 is 10.6 Å². The Hall–Kier alpha value is -2.09. The fourth-order valence-electron chi connectivity index (χ4n) is 1.20. The van der Waals surface area contributed by atoms with Gasteiger partial charge in [0.15, 0.2) is 6.61 Å². The molecule has 0 aromatic heterocycles. The van der Waals surface area contributed by atoms with Crippen LogP contribution in [0.3, 0.4) is 0 Å². The van der Waals surface area contributed by atoms with Crippen molar-refractivity contribution >= 4 is 33.7 Å². The van der Waals surface area contributed by atoms with Crippen LogP contribution in [0.1, 0.15) is 10.4 Å². The van der Waals surface area contributed by atoms with Crippen LogP contribution in [0.2, 0.25) is 0 Å². The normalized spacial score (nSPS) is 9.70. The molecular weight excluding hydrogens is 332 g/mol. The Bertz CT molecular complexity index is 533. The van der Waals surface area contributed by atoms with E-state index >= 15 is 0 Å². The monoisotopic (exact) mass is 344 g/mol. The summed E-state index contributed by atoms with van der Waals surface area (Å²) in [5.74, 6) is -2.06. The van der Waals surface area contributed by atoms with Crippen molar-refractivity contribution in [2.24, 2.45) is 0 Å². The Balaban J connectivity index is 2.49. The van der Waals surface area contributed by atoms with E-state index in [2.05, 4.69) is 26.6 Å². The Kier molecular flexibility index (Phi) is 5.98. The van der Waals surface area contributed by atoms with E-state index in [1.807, 2.05) is 0 Å². The SMILES string of the molecule is CNC(=O)CNC(=O)COC(=O)c1cc(Br)ccc1O. The van der Waals surface area contributed by atoms with E-state index in [0.717, 1.165) is 0 Å². The molecule has 0 heterocycles. The fourth-order valence-corrected chi connectivity index (χ4v) is 1.56. The minimum absolute atomic E-state index is 0.0570. The summed E-state index contributed by atoms with van der Waals surface area (Å²) in [7, 11) is 1.44. The second-order valence-corrected chi connectivity index (χ2v) is 4.60. The van der Waals surface area contributed by atoms with Gasteiger partial charge in [-0.25, -0.2) is 4.79 Å². The standard InChI is InChI=1S/C12H13BrN2O5/c1-14-10(17)5-15-11(18)6-20-12(19)8-4-7(13)2-3-9(8)16/h2-4,16H,5-6H2,1H3,(H,14,17)(H,15,18). The zero-order valence-electron chi connectivity index (χ0n) is 10.6. The van der Waals surface area contributed by atoms with Crippen LogP contribution in [-0.2, 0) is 14.3 Å². The van der Waals surface area contributed by atoms with Crippen molar-refractivity contribution < 1.29 is 24.2 Å². The van der Waals surface area contributed by atoms with Crippen molar-refractivity contribution in [2.75, 3.05) is 20.2 Å². The van der Waals surface area contributed by atoms with Gasteiger partial charge in [0.1, 0.15) is 11.3 Å². The fraction of sp³-hybridized carbons (Fsp3) is 0.250. The number of carbonyl (C=O) groups is 3. The Morgan fingerprint density at radius 1 is 1.30 bits per heavy atom. The van der Waals surface area contributed by atoms with E-state index < -0.39 is 18.5 Å². The number of carbonyl (C=O) groups excluding carboxylic acids is 3. The second kappa shape index (κ2) is 7.49. The van der Waals surface area contributed by atoms with Gasteiger partial charge >= 0.3 is 5.97 Å². The lowest BCUT2D eigenvalue weighted by molar-refractivity contribution is -0.127. The molecule has 8 heteroatoms. The second-order valence-electron chi connectivity index (χ2n) is 3.69. The van der Waals surface area contributed by atoms with Gasteiger partial charge in [-0.2, -0.15) is 0 Å². The molecule has 0 aliphatic heterocycles. The molecule has 0 aliphatic rings. The summed E-state index contributed by atoms with van der Waals surface area (Å²) < 4.78 is 5.32. The molecule has 1 aromatic carbocycles. The van der Waals surface area contributed by atoms with Crippen LogP contribution in [-0.4, -0.2) is 43.1 Å². The van der Waals surface area contributed by atoms with Crippen LogP contribution in [0.15, 0.2) is 22.7 Å². The number of nitrogens with one attached hydrogen (secondary N) is 2. The van der Waals surface area contributed by atoms with Gasteiger partial charge in [-0.1, -0.05) is 15.9 Å². The molecule has 0 aliphatic carbocycles. The maximum Gasteiger partial charge on any atom is 0.342 e. The minimum atomic E-state index is -0.834. The molecule has 0 radical (unpaired) electrons. The first-order valence-electron chi connectivity index (χ1n) is 5.57. The lowest BCUT2D eigenvalue weighted by Crippen LogP contribution is -2.37. The Labute approximate surface area is 123 Å². The van der Waals surface area contributed by atoms with Crippen LogP contribution in [0, 0.1) is 0 Å². The van der Waals surface area contributed by atoms with Crippen molar-refractivity contribution in [3.8, 4) is 5.75 Å². The summed E-state index contributed by atoms with van der Waals surface area (Å²) in [5.41, 5.74) is -0.0570. The number of benzene rings is 1. The van der Waals surface area contributed by atoms with E-state index in [1.54, 1.807) is 6.07 Å². The van der Waals surface area contributed by atoms with Gasteiger partial charge in [0.2, 0.25) is 5.91 Å². The molecule has 0 saturated heterocycles. The minimum Gasteiger partial charge on any atom is -0.507 e. The number of halogens is 1. The predicted molar refractivity (Wildman–Crippen MR) is 73.2 cm³/mol. The number of amides is 2. The number of rotatable bonds is 5. The van der Waals surface area contributed by atoms with E-state index in [0.29, 0.717) is 4.47 Å². The van der Waals surface area contributed by atoms with Crippen LogP contribution in [0.25, 0.3) is 0 Å². The molecular formula is C12H13BrN2O5. The largest absolute Gasteiger partial charge is 0.507 e. The average Bonchev–Trinajstić information content (AvgIpc) is 2.44. The molecule has 1 rings (SSSR count). The lowest BCUT2D eigenvalue weighted by Gasteiger charge is -2.07. The van der Waals surface area contributed by atoms with Crippen LogP contribution >= 0.6 is 15.9 Å². The summed E-state index contributed by atoms with van der Waals surface area (Å²) in [6, 6.07) is 4.26. The third-order valence-electron chi connectivity index (χ3n) is 2.24. The van der Waals surface area contributed by atoms with Gasteiger partial charge in [-0.3, -0.25) is 9.59 Å². The van der Waals surface area contributed by atoms with Gasteiger partial charge < -0.3 is 20.5 Å². The summed E-state index contributed by atoms with van der Waals surface area (Å²) in [6.07, 6.45) is 0. The zero-order valence-corrected chi connectivity index (χ0v) is 12.2. The average molecular weight is 345 g/mol. The maximum atomic E-state index is 11.7. The highest BCUT2D eigenvalue weighted by Gasteiger charge is 2.15.